The Morgan fingerprint density at radius 2 is 0.769 bits per heavy atom. The molecule has 0 spiro atoms. The third-order valence-corrected chi connectivity index (χ3v) is 25.3. The Labute approximate surface area is 701 Å². The van der Waals surface area contributed by atoms with Crippen molar-refractivity contribution in [2.24, 2.45) is 23.7 Å². The molecule has 5 amide bonds. The Hall–Kier alpha value is -11.3. The lowest BCUT2D eigenvalue weighted by molar-refractivity contribution is 0.0303. The van der Waals surface area contributed by atoms with E-state index < -0.39 is 0 Å². The summed E-state index contributed by atoms with van der Waals surface area (Å²) in [7, 11) is 0. The van der Waals surface area contributed by atoms with Gasteiger partial charge in [-0.2, -0.15) is 0 Å². The second-order valence-electron chi connectivity index (χ2n) is 30.5. The number of anilines is 4. The molecular weight excluding hydrogens is 1560 g/mol. The second kappa shape index (κ2) is 38.2. The molecule has 5 fully saturated rings. The molecule has 0 unspecified atom stereocenters. The fourth-order valence-corrected chi connectivity index (χ4v) is 16.7. The maximum Gasteiger partial charge on any atom is 0.265 e. The molecule has 1 saturated heterocycles. The summed E-state index contributed by atoms with van der Waals surface area (Å²) in [4.78, 5) is 127. The average Bonchev–Trinajstić information content (AvgIpc) is 1.68. The van der Waals surface area contributed by atoms with E-state index in [4.69, 9.17) is 16.3 Å². The van der Waals surface area contributed by atoms with Crippen molar-refractivity contribution in [2.45, 2.75) is 105 Å². The summed E-state index contributed by atoms with van der Waals surface area (Å²) in [5, 5.41) is 18.3. The predicted molar refractivity (Wildman–Crippen MR) is 470 cm³/mol. The summed E-state index contributed by atoms with van der Waals surface area (Å²) in [6.07, 6.45) is 18.6. The summed E-state index contributed by atoms with van der Waals surface area (Å²) in [5.74, 6) is 2.09. The molecule has 6 aromatic carbocycles. The van der Waals surface area contributed by atoms with E-state index in [1.165, 1.54) is 45.3 Å². The van der Waals surface area contributed by atoms with E-state index in [0.29, 0.717) is 151 Å². The zero-order valence-electron chi connectivity index (χ0n) is 65.3. The topological polar surface area (TPSA) is 240 Å². The van der Waals surface area contributed by atoms with Crippen molar-refractivity contribution >= 4 is 132 Å². The molecule has 22 heteroatoms. The van der Waals surface area contributed by atoms with Crippen LogP contribution in [0.3, 0.4) is 0 Å². The number of pyridine rings is 2. The lowest BCUT2D eigenvalue weighted by Gasteiger charge is -2.26. The van der Waals surface area contributed by atoms with Gasteiger partial charge in [0.1, 0.15) is 0 Å². The zero-order chi connectivity index (χ0) is 81.6. The highest BCUT2D eigenvalue weighted by Crippen LogP contribution is 2.39. The van der Waals surface area contributed by atoms with Crippen LogP contribution in [0, 0.1) is 51.4 Å². The number of morpholine rings is 1. The van der Waals surface area contributed by atoms with Gasteiger partial charge in [-0.3, -0.25) is 53.1 Å². The Kier molecular flexibility index (Phi) is 26.8. The minimum atomic E-state index is -0.199. The number of Topliss-reactive ketones (excluding diaryl/α,β-unsaturated/α-hetero) is 4. The second-order valence-corrected chi connectivity index (χ2v) is 34.7. The van der Waals surface area contributed by atoms with E-state index in [9.17, 15) is 43.2 Å². The Morgan fingerprint density at radius 3 is 1.19 bits per heavy atom. The van der Waals surface area contributed by atoms with E-state index >= 15 is 0 Å². The Balaban J connectivity index is 0.000000129. The number of aryl methyl sites for hydroxylation is 4. The SMILES string of the molecule is Cc1ccc(C(=O)CC2CC2)cc1NC(=O)c1cc(-c2ccc(Cl)cc2)cs1.Cc1ccc(C(=O)CC2CC2)cc1NC(=O)c1cc(-c2cccnc2)cs1.Cc1ccc(C(=O)CC2CC2)cc1NC(=O)c1ccc(-c2ccc(C(=O)N3CCOCC3)cc2)s1.Cc1ccc(C(=O)CC2CC2)cc1NC(=O)c1csc(-c2cccnc2)c1. The molecule has 6 aromatic heterocycles. The molecule has 5 aliphatic rings. The average molecular weight is 1650 g/mol. The van der Waals surface area contributed by atoms with Crippen LogP contribution in [0.1, 0.15) is 190 Å². The third kappa shape index (κ3) is 22.7. The van der Waals surface area contributed by atoms with Gasteiger partial charge in [0.05, 0.1) is 33.4 Å². The number of ketones is 4. The number of rotatable bonds is 25. The minimum absolute atomic E-state index is 0.0132. The molecule has 17 rings (SSSR count). The van der Waals surface area contributed by atoms with Gasteiger partial charge in [-0.05, 0) is 249 Å². The number of carbonyl (C=O) groups is 9. The van der Waals surface area contributed by atoms with Crippen molar-refractivity contribution in [3.05, 3.63) is 292 Å². The number of halogens is 1. The van der Waals surface area contributed by atoms with Crippen LogP contribution in [0.4, 0.5) is 22.7 Å². The first-order valence-corrected chi connectivity index (χ1v) is 43.2. The first-order valence-electron chi connectivity index (χ1n) is 39.4. The zero-order valence-corrected chi connectivity index (χ0v) is 69.4. The molecule has 7 heterocycles. The van der Waals surface area contributed by atoms with Gasteiger partial charge in [-0.25, -0.2) is 0 Å². The van der Waals surface area contributed by atoms with Gasteiger partial charge in [0.25, 0.3) is 29.5 Å². The number of thiophene rings is 4. The van der Waals surface area contributed by atoms with Crippen molar-refractivity contribution in [1.82, 2.24) is 14.9 Å². The van der Waals surface area contributed by atoms with E-state index in [1.54, 1.807) is 55.1 Å². The van der Waals surface area contributed by atoms with Crippen molar-refractivity contribution in [1.29, 1.82) is 0 Å². The van der Waals surface area contributed by atoms with Crippen LogP contribution in [0.25, 0.3) is 43.1 Å². The van der Waals surface area contributed by atoms with Crippen LogP contribution in [0.2, 0.25) is 5.02 Å². The first-order chi connectivity index (χ1) is 56.7. The molecule has 12 aromatic rings. The fourth-order valence-electron chi connectivity index (χ4n) is 13.1. The number of amides is 5. The number of nitrogens with zero attached hydrogens (tertiary/aromatic N) is 3. The number of ether oxygens (including phenoxy) is 1. The van der Waals surface area contributed by atoms with Crippen molar-refractivity contribution in [2.75, 3.05) is 47.6 Å². The molecule has 594 valence electrons. The lowest BCUT2D eigenvalue weighted by atomic mass is 10.0. The molecule has 4 saturated carbocycles. The molecule has 4 N–H and O–H groups in total. The number of hydrogen-bond donors (Lipinski definition) is 4. The van der Waals surface area contributed by atoms with Crippen LogP contribution in [-0.4, -0.2) is 93.8 Å². The number of aromatic nitrogens is 2. The van der Waals surface area contributed by atoms with E-state index in [1.807, 2.05) is 194 Å². The number of hydrogen-bond acceptors (Lipinski definition) is 16. The van der Waals surface area contributed by atoms with Crippen LogP contribution in [0.5, 0.6) is 0 Å². The normalized spacial score (nSPS) is 14.0. The lowest BCUT2D eigenvalue weighted by Crippen LogP contribution is -2.40. The molecule has 17 nitrogen and oxygen atoms in total. The molecule has 0 radical (unpaired) electrons. The monoisotopic (exact) mass is 1650 g/mol. The molecule has 117 heavy (non-hydrogen) atoms. The van der Waals surface area contributed by atoms with Crippen molar-refractivity contribution in [3.63, 3.8) is 0 Å². The molecule has 0 bridgehead atoms. The maximum atomic E-state index is 13.0. The summed E-state index contributed by atoms with van der Waals surface area (Å²) in [6.45, 7) is 10.1. The summed E-state index contributed by atoms with van der Waals surface area (Å²) in [6, 6.07) is 54.2. The Bertz CT molecular complexity index is 5490. The van der Waals surface area contributed by atoms with Gasteiger partial charge in [0, 0.05) is 145 Å². The summed E-state index contributed by atoms with van der Waals surface area (Å²) in [5.41, 5.74) is 16.3. The van der Waals surface area contributed by atoms with Gasteiger partial charge >= 0.3 is 0 Å². The van der Waals surface area contributed by atoms with Gasteiger partial charge in [-0.1, -0.05) is 96.5 Å². The largest absolute Gasteiger partial charge is 0.378 e. The third-order valence-electron chi connectivity index (χ3n) is 21.1. The first kappa shape index (κ1) is 82.2. The van der Waals surface area contributed by atoms with Crippen LogP contribution in [0.15, 0.2) is 217 Å². The van der Waals surface area contributed by atoms with Gasteiger partial charge in [-0.15, -0.1) is 45.3 Å². The summed E-state index contributed by atoms with van der Waals surface area (Å²) >= 11 is 11.6. The highest BCUT2D eigenvalue weighted by atomic mass is 35.5. The molecular formula is C95H88ClN7O10S4. The van der Waals surface area contributed by atoms with Crippen LogP contribution < -0.4 is 21.3 Å². The van der Waals surface area contributed by atoms with E-state index in [-0.39, 0.29) is 52.7 Å². The van der Waals surface area contributed by atoms with Crippen molar-refractivity contribution < 1.29 is 47.9 Å². The predicted octanol–water partition coefficient (Wildman–Crippen LogP) is 22.8. The highest BCUT2D eigenvalue weighted by molar-refractivity contribution is 7.17. The van der Waals surface area contributed by atoms with Crippen LogP contribution in [-0.2, 0) is 4.74 Å². The smallest absolute Gasteiger partial charge is 0.265 e. The standard InChI is InChI=1S/C28H28N2O4S.C23H20ClNO2S.2C22H20N2O2S/c1-18-2-5-22(24(31)16-19-3-4-19)17-23(18)29-27(32)26-11-10-25(35-26)20-6-8-21(9-7-20)28(33)30-12-14-34-15-13-30;1-14-2-5-17(21(26)10-15-3-4-15)11-20(14)25-23(27)22-12-18(13-28-22)16-6-8-19(24)9-7-16;1-14-4-7-16(20(25)9-15-5-6-15)10-19(14)24-22(26)18-11-21(27-13-18)17-3-2-8-23-12-17;1-14-4-7-16(20(25)9-15-5-6-15)10-19(14)24-22(26)21-11-18(13-27-21)17-3-2-8-23-12-17/h2,5-11,17,19H,3-4,12-16H2,1H3,(H,29,32);2,5-9,11-13,15H,3-4,10H2,1H3,(H,25,27);2*2-4,7-8,10-13,15H,5-6,9H2,1H3,(H,24,26). The Morgan fingerprint density at radius 1 is 0.376 bits per heavy atom. The highest BCUT2D eigenvalue weighted by Gasteiger charge is 2.30. The van der Waals surface area contributed by atoms with Gasteiger partial charge in [0.15, 0.2) is 23.1 Å². The number of benzene rings is 6. The fraction of sp³-hybridized carbons (Fsp3) is 0.253. The molecule has 1 aliphatic heterocycles. The van der Waals surface area contributed by atoms with E-state index in [0.717, 1.165) is 117 Å². The minimum Gasteiger partial charge on any atom is -0.378 e. The van der Waals surface area contributed by atoms with Crippen LogP contribution >= 0.6 is 56.9 Å². The number of carbonyl (C=O) groups excluding carboxylic acids is 9. The van der Waals surface area contributed by atoms with E-state index in [2.05, 4.69) is 31.2 Å². The maximum absolute atomic E-state index is 13.0. The van der Waals surface area contributed by atoms with Gasteiger partial charge < -0.3 is 30.9 Å². The molecule has 4 aliphatic carbocycles. The van der Waals surface area contributed by atoms with Gasteiger partial charge in [0.2, 0.25) is 0 Å². The molecule has 0 atom stereocenters. The quantitative estimate of drug-likeness (QED) is 0.0391. The number of nitrogens with one attached hydrogen (secondary N) is 4. The van der Waals surface area contributed by atoms with Crippen molar-refractivity contribution in [3.8, 4) is 43.1 Å². The summed E-state index contributed by atoms with van der Waals surface area (Å²) < 4.78 is 5.32.